The van der Waals surface area contributed by atoms with Crippen molar-refractivity contribution in [3.63, 3.8) is 0 Å². The summed E-state index contributed by atoms with van der Waals surface area (Å²) < 4.78 is 0. The lowest BCUT2D eigenvalue weighted by atomic mass is 9.89. The predicted molar refractivity (Wildman–Crippen MR) is 56.9 cm³/mol. The molecule has 1 heterocycles. The minimum absolute atomic E-state index is 0.0656. The van der Waals surface area contributed by atoms with E-state index in [2.05, 4.69) is 24.1 Å². The molecule has 0 fully saturated rings. The number of carbonyl (C=O) groups excluding carboxylic acids is 1. The zero-order valence-corrected chi connectivity index (χ0v) is 9.00. The van der Waals surface area contributed by atoms with Gasteiger partial charge in [0.25, 0.3) is 0 Å². The maximum atomic E-state index is 11.6. The quantitative estimate of drug-likeness (QED) is 0.751. The smallest absolute Gasteiger partial charge is 0.223 e. The van der Waals surface area contributed by atoms with E-state index in [1.165, 1.54) is 5.56 Å². The van der Waals surface area contributed by atoms with E-state index < -0.39 is 0 Å². The fourth-order valence-electron chi connectivity index (χ4n) is 1.56. The first-order valence-electron chi connectivity index (χ1n) is 4.98. The molecule has 0 unspecified atom stereocenters. The van der Waals surface area contributed by atoms with E-state index in [0.29, 0.717) is 5.92 Å². The summed E-state index contributed by atoms with van der Waals surface area (Å²) in [5, 5.41) is 2.71. The van der Waals surface area contributed by atoms with Crippen LogP contribution in [0.15, 0.2) is 18.5 Å². The summed E-state index contributed by atoms with van der Waals surface area (Å²) in [5.74, 6) is 0.557. The van der Waals surface area contributed by atoms with Crippen molar-refractivity contribution in [1.29, 1.82) is 0 Å². The first-order valence-corrected chi connectivity index (χ1v) is 4.98. The van der Waals surface area contributed by atoms with E-state index >= 15 is 0 Å². The summed E-state index contributed by atoms with van der Waals surface area (Å²) in [6.45, 7) is 4.15. The van der Waals surface area contributed by atoms with Crippen LogP contribution in [0.1, 0.15) is 19.4 Å². The van der Waals surface area contributed by atoms with Gasteiger partial charge in [-0.3, -0.25) is 4.79 Å². The average molecular weight is 194 g/mol. The molecule has 1 rings (SSSR count). The lowest BCUT2D eigenvalue weighted by molar-refractivity contribution is -0.125. The molecule has 1 aromatic rings. The van der Waals surface area contributed by atoms with Crippen LogP contribution in [0.4, 0.5) is 0 Å². The van der Waals surface area contributed by atoms with Crippen LogP contribution in [0.3, 0.4) is 0 Å². The zero-order chi connectivity index (χ0) is 10.6. The van der Waals surface area contributed by atoms with Gasteiger partial charge in [-0.05, 0) is 24.0 Å². The number of aromatic nitrogens is 1. The predicted octanol–water partition coefficient (Wildman–Crippen LogP) is 1.58. The van der Waals surface area contributed by atoms with Gasteiger partial charge in [-0.15, -0.1) is 0 Å². The van der Waals surface area contributed by atoms with Gasteiger partial charge in [0, 0.05) is 25.4 Å². The van der Waals surface area contributed by atoms with Crippen molar-refractivity contribution in [3.05, 3.63) is 24.0 Å². The first kappa shape index (κ1) is 10.8. The number of nitrogens with one attached hydrogen (secondary N) is 2. The van der Waals surface area contributed by atoms with E-state index in [4.69, 9.17) is 0 Å². The molecule has 3 nitrogen and oxygen atoms in total. The highest BCUT2D eigenvalue weighted by Gasteiger charge is 2.21. The second kappa shape index (κ2) is 4.84. The molecule has 0 aliphatic heterocycles. The zero-order valence-electron chi connectivity index (χ0n) is 9.00. The van der Waals surface area contributed by atoms with E-state index in [1.54, 1.807) is 7.05 Å². The van der Waals surface area contributed by atoms with Gasteiger partial charge in [-0.2, -0.15) is 0 Å². The first-order chi connectivity index (χ1) is 6.65. The minimum Gasteiger partial charge on any atom is -0.367 e. The molecule has 0 aliphatic rings. The Morgan fingerprint density at radius 3 is 2.71 bits per heavy atom. The Hall–Kier alpha value is -1.25. The second-order valence-corrected chi connectivity index (χ2v) is 3.89. The van der Waals surface area contributed by atoms with Crippen LogP contribution in [-0.2, 0) is 11.2 Å². The number of hydrogen-bond acceptors (Lipinski definition) is 1. The summed E-state index contributed by atoms with van der Waals surface area (Å²) in [6.07, 6.45) is 4.63. The van der Waals surface area contributed by atoms with Crippen molar-refractivity contribution >= 4 is 5.91 Å². The van der Waals surface area contributed by atoms with Crippen molar-refractivity contribution in [2.75, 3.05) is 7.05 Å². The molecule has 0 aromatic carbocycles. The van der Waals surface area contributed by atoms with Gasteiger partial charge in [-0.25, -0.2) is 0 Å². The molecule has 3 heteroatoms. The highest BCUT2D eigenvalue weighted by Crippen LogP contribution is 2.17. The van der Waals surface area contributed by atoms with Crippen LogP contribution < -0.4 is 5.32 Å². The van der Waals surface area contributed by atoms with Gasteiger partial charge >= 0.3 is 0 Å². The molecule has 0 saturated heterocycles. The van der Waals surface area contributed by atoms with Crippen LogP contribution in [0, 0.1) is 11.8 Å². The molecular formula is C11H18N2O. The Balaban J connectivity index is 2.65. The van der Waals surface area contributed by atoms with Crippen molar-refractivity contribution in [2.45, 2.75) is 20.3 Å². The Labute approximate surface area is 84.9 Å². The van der Waals surface area contributed by atoms with Crippen molar-refractivity contribution < 1.29 is 4.79 Å². The Kier molecular flexibility index (Phi) is 3.74. The van der Waals surface area contributed by atoms with Crippen molar-refractivity contribution in [2.24, 2.45) is 11.8 Å². The molecule has 1 amide bonds. The highest BCUT2D eigenvalue weighted by atomic mass is 16.1. The molecule has 0 radical (unpaired) electrons. The second-order valence-electron chi connectivity index (χ2n) is 3.89. The molecule has 0 saturated carbocycles. The van der Waals surface area contributed by atoms with Gasteiger partial charge in [0.2, 0.25) is 5.91 Å². The topological polar surface area (TPSA) is 44.9 Å². The summed E-state index contributed by atoms with van der Waals surface area (Å²) in [6, 6.07) is 2.01. The molecule has 78 valence electrons. The van der Waals surface area contributed by atoms with Gasteiger partial charge in [0.15, 0.2) is 0 Å². The standard InChI is InChI=1S/C11H18N2O/c1-8(2)10(11(14)12-3)6-9-4-5-13-7-9/h4-5,7-8,10,13H,6H2,1-3H3,(H,12,14)/t10-/m1/s1. The molecule has 0 spiro atoms. The molecule has 2 N–H and O–H groups in total. The number of H-pyrrole nitrogens is 1. The SMILES string of the molecule is CNC(=O)[C@H](Cc1cc[nH]c1)C(C)C. The average Bonchev–Trinajstić information content (AvgIpc) is 2.65. The van der Waals surface area contributed by atoms with Crippen LogP contribution in [0.5, 0.6) is 0 Å². The lowest BCUT2D eigenvalue weighted by Gasteiger charge is -2.18. The number of carbonyl (C=O) groups is 1. The van der Waals surface area contributed by atoms with Crippen molar-refractivity contribution in [1.82, 2.24) is 10.3 Å². The van der Waals surface area contributed by atoms with Gasteiger partial charge in [-0.1, -0.05) is 13.8 Å². The molecule has 1 aromatic heterocycles. The molecule has 14 heavy (non-hydrogen) atoms. The summed E-state index contributed by atoms with van der Waals surface area (Å²) in [4.78, 5) is 14.6. The molecule has 0 aliphatic carbocycles. The number of hydrogen-bond donors (Lipinski definition) is 2. The summed E-state index contributed by atoms with van der Waals surface area (Å²) >= 11 is 0. The molecular weight excluding hydrogens is 176 g/mol. The third kappa shape index (κ3) is 2.62. The Bertz CT molecular complexity index is 277. The maximum Gasteiger partial charge on any atom is 0.223 e. The van der Waals surface area contributed by atoms with Gasteiger partial charge in [0.1, 0.15) is 0 Å². The highest BCUT2D eigenvalue weighted by molar-refractivity contribution is 5.78. The number of rotatable bonds is 4. The van der Waals surface area contributed by atoms with E-state index in [0.717, 1.165) is 6.42 Å². The number of amides is 1. The van der Waals surface area contributed by atoms with Crippen LogP contribution in [0.2, 0.25) is 0 Å². The Morgan fingerprint density at radius 1 is 1.57 bits per heavy atom. The molecule has 0 bridgehead atoms. The number of aromatic amines is 1. The third-order valence-electron chi connectivity index (χ3n) is 2.51. The van der Waals surface area contributed by atoms with E-state index in [9.17, 15) is 4.79 Å². The van der Waals surface area contributed by atoms with E-state index in [-0.39, 0.29) is 11.8 Å². The Morgan fingerprint density at radius 2 is 2.29 bits per heavy atom. The van der Waals surface area contributed by atoms with Crippen molar-refractivity contribution in [3.8, 4) is 0 Å². The monoisotopic (exact) mass is 194 g/mol. The normalized spacial score (nSPS) is 12.9. The largest absolute Gasteiger partial charge is 0.367 e. The molecule has 1 atom stereocenters. The van der Waals surface area contributed by atoms with Crippen LogP contribution in [0.25, 0.3) is 0 Å². The van der Waals surface area contributed by atoms with E-state index in [1.807, 2.05) is 18.5 Å². The fraction of sp³-hybridized carbons (Fsp3) is 0.545. The summed E-state index contributed by atoms with van der Waals surface area (Å²) in [5.41, 5.74) is 1.19. The fourth-order valence-corrected chi connectivity index (χ4v) is 1.56. The van der Waals surface area contributed by atoms with Gasteiger partial charge < -0.3 is 10.3 Å². The van der Waals surface area contributed by atoms with Crippen LogP contribution in [-0.4, -0.2) is 17.9 Å². The lowest BCUT2D eigenvalue weighted by Crippen LogP contribution is -2.32. The third-order valence-corrected chi connectivity index (χ3v) is 2.51. The maximum absolute atomic E-state index is 11.6. The summed E-state index contributed by atoms with van der Waals surface area (Å²) in [7, 11) is 1.69. The minimum atomic E-state index is 0.0656. The van der Waals surface area contributed by atoms with Gasteiger partial charge in [0.05, 0.1) is 0 Å². The van der Waals surface area contributed by atoms with Crippen LogP contribution >= 0.6 is 0 Å².